The number of hydroxylamine groups is 1. The van der Waals surface area contributed by atoms with E-state index in [9.17, 15) is 9.90 Å². The normalized spacial score (nSPS) is 11.8. The van der Waals surface area contributed by atoms with Crippen LogP contribution in [0.15, 0.2) is 84.9 Å². The lowest BCUT2D eigenvalue weighted by Crippen LogP contribution is -2.24. The molecule has 144 valence electrons. The standard InChI is InChI=1S/C23H24N2O3/c26-22(16-24-15-18-7-3-1-4-8-18)20-11-13-21(14-12-20)23(27)25-28-17-19-9-5-2-6-10-19/h1-14,22,24,26H,15-17H2,(H,25,27)/t22-/m0/s1. The summed E-state index contributed by atoms with van der Waals surface area (Å²) in [4.78, 5) is 17.4. The van der Waals surface area contributed by atoms with Crippen LogP contribution in [0.3, 0.4) is 0 Å². The van der Waals surface area contributed by atoms with Crippen LogP contribution < -0.4 is 10.8 Å². The van der Waals surface area contributed by atoms with Crippen molar-refractivity contribution in [3.05, 3.63) is 107 Å². The van der Waals surface area contributed by atoms with Crippen LogP contribution in [0.4, 0.5) is 0 Å². The molecule has 1 amide bonds. The summed E-state index contributed by atoms with van der Waals surface area (Å²) in [6.07, 6.45) is -0.643. The van der Waals surface area contributed by atoms with E-state index in [1.807, 2.05) is 60.7 Å². The van der Waals surface area contributed by atoms with Gasteiger partial charge in [0, 0.05) is 18.7 Å². The zero-order valence-corrected chi connectivity index (χ0v) is 15.5. The Labute approximate surface area is 164 Å². The largest absolute Gasteiger partial charge is 0.387 e. The first-order valence-electron chi connectivity index (χ1n) is 9.21. The van der Waals surface area contributed by atoms with E-state index in [1.54, 1.807) is 24.3 Å². The number of benzene rings is 3. The third kappa shape index (κ3) is 6.03. The topological polar surface area (TPSA) is 70.6 Å². The lowest BCUT2D eigenvalue weighted by atomic mass is 10.1. The summed E-state index contributed by atoms with van der Waals surface area (Å²) >= 11 is 0. The predicted molar refractivity (Wildman–Crippen MR) is 108 cm³/mol. The molecule has 0 aliphatic carbocycles. The average Bonchev–Trinajstić information content (AvgIpc) is 2.75. The Kier molecular flexibility index (Phi) is 7.32. The Morgan fingerprint density at radius 1 is 0.857 bits per heavy atom. The number of aliphatic hydroxyl groups is 1. The van der Waals surface area contributed by atoms with Crippen LogP contribution in [-0.4, -0.2) is 17.6 Å². The van der Waals surface area contributed by atoms with E-state index in [0.717, 1.165) is 16.7 Å². The van der Waals surface area contributed by atoms with Crippen molar-refractivity contribution < 1.29 is 14.7 Å². The first-order valence-corrected chi connectivity index (χ1v) is 9.21. The summed E-state index contributed by atoms with van der Waals surface area (Å²) in [5.74, 6) is -0.320. The second-order valence-corrected chi connectivity index (χ2v) is 6.46. The zero-order chi connectivity index (χ0) is 19.6. The van der Waals surface area contributed by atoms with Crippen molar-refractivity contribution in [1.29, 1.82) is 0 Å². The molecule has 1 atom stereocenters. The van der Waals surface area contributed by atoms with Gasteiger partial charge in [-0.1, -0.05) is 72.8 Å². The van der Waals surface area contributed by atoms with E-state index < -0.39 is 6.10 Å². The first kappa shape index (κ1) is 19.8. The van der Waals surface area contributed by atoms with Crippen molar-refractivity contribution in [2.24, 2.45) is 0 Å². The van der Waals surface area contributed by atoms with Gasteiger partial charge in [-0.15, -0.1) is 0 Å². The molecular weight excluding hydrogens is 352 g/mol. The Morgan fingerprint density at radius 3 is 2.11 bits per heavy atom. The Morgan fingerprint density at radius 2 is 1.46 bits per heavy atom. The number of aliphatic hydroxyl groups excluding tert-OH is 1. The number of carbonyl (C=O) groups excluding carboxylic acids is 1. The molecule has 3 N–H and O–H groups in total. The second kappa shape index (κ2) is 10.4. The highest BCUT2D eigenvalue weighted by atomic mass is 16.6. The van der Waals surface area contributed by atoms with Gasteiger partial charge in [-0.25, -0.2) is 5.48 Å². The van der Waals surface area contributed by atoms with Gasteiger partial charge < -0.3 is 10.4 Å². The van der Waals surface area contributed by atoms with Crippen molar-refractivity contribution in [2.75, 3.05) is 6.54 Å². The van der Waals surface area contributed by atoms with Gasteiger partial charge in [0.1, 0.15) is 0 Å². The average molecular weight is 376 g/mol. The quantitative estimate of drug-likeness (QED) is 0.501. The minimum absolute atomic E-state index is 0.302. The van der Waals surface area contributed by atoms with Crippen LogP contribution in [-0.2, 0) is 18.0 Å². The van der Waals surface area contributed by atoms with Gasteiger partial charge in [-0.3, -0.25) is 9.63 Å². The van der Waals surface area contributed by atoms with Gasteiger partial charge in [-0.05, 0) is 28.8 Å². The van der Waals surface area contributed by atoms with Gasteiger partial charge in [-0.2, -0.15) is 0 Å². The van der Waals surface area contributed by atoms with Crippen LogP contribution in [0.5, 0.6) is 0 Å². The molecule has 5 heteroatoms. The number of nitrogens with one attached hydrogen (secondary N) is 2. The van der Waals surface area contributed by atoms with E-state index in [4.69, 9.17) is 4.84 Å². The summed E-state index contributed by atoms with van der Waals surface area (Å²) < 4.78 is 0. The second-order valence-electron chi connectivity index (χ2n) is 6.46. The van der Waals surface area contributed by atoms with Crippen LogP contribution in [0.1, 0.15) is 33.2 Å². The lowest BCUT2D eigenvalue weighted by molar-refractivity contribution is 0.0233. The maximum atomic E-state index is 12.1. The fourth-order valence-electron chi connectivity index (χ4n) is 2.74. The number of rotatable bonds is 9. The highest BCUT2D eigenvalue weighted by Crippen LogP contribution is 2.13. The molecule has 3 rings (SSSR count). The van der Waals surface area contributed by atoms with Crippen molar-refractivity contribution in [1.82, 2.24) is 10.8 Å². The molecule has 3 aromatic carbocycles. The molecule has 28 heavy (non-hydrogen) atoms. The molecule has 0 bridgehead atoms. The lowest BCUT2D eigenvalue weighted by Gasteiger charge is -2.13. The molecule has 0 aliphatic heterocycles. The zero-order valence-electron chi connectivity index (χ0n) is 15.5. The fraction of sp³-hybridized carbons (Fsp3) is 0.174. The Balaban J connectivity index is 1.43. The molecule has 0 aromatic heterocycles. The van der Waals surface area contributed by atoms with E-state index in [1.165, 1.54) is 0 Å². The Bertz CT molecular complexity index is 852. The summed E-state index contributed by atoms with van der Waals surface area (Å²) in [5.41, 5.74) is 5.80. The van der Waals surface area contributed by atoms with Crippen molar-refractivity contribution in [3.8, 4) is 0 Å². The fourth-order valence-corrected chi connectivity index (χ4v) is 2.74. The summed E-state index contributed by atoms with van der Waals surface area (Å²) in [5, 5.41) is 13.5. The molecule has 0 spiro atoms. The van der Waals surface area contributed by atoms with Crippen molar-refractivity contribution >= 4 is 5.91 Å². The van der Waals surface area contributed by atoms with Crippen molar-refractivity contribution in [3.63, 3.8) is 0 Å². The first-order chi connectivity index (χ1) is 13.7. The SMILES string of the molecule is O=C(NOCc1ccccc1)c1ccc([C@@H](O)CNCc2ccccc2)cc1. The molecule has 0 fully saturated rings. The number of hydrogen-bond donors (Lipinski definition) is 3. The van der Waals surface area contributed by atoms with E-state index in [-0.39, 0.29) is 5.91 Å². The summed E-state index contributed by atoms with van der Waals surface area (Å²) in [7, 11) is 0. The molecule has 0 heterocycles. The van der Waals surface area contributed by atoms with E-state index in [2.05, 4.69) is 10.8 Å². The minimum Gasteiger partial charge on any atom is -0.387 e. The van der Waals surface area contributed by atoms with Crippen LogP contribution in [0.2, 0.25) is 0 Å². The Hall–Kier alpha value is -2.99. The smallest absolute Gasteiger partial charge is 0.274 e. The third-order valence-corrected chi connectivity index (χ3v) is 4.31. The molecule has 0 radical (unpaired) electrons. The molecule has 0 aliphatic rings. The van der Waals surface area contributed by atoms with Crippen molar-refractivity contribution in [2.45, 2.75) is 19.3 Å². The van der Waals surface area contributed by atoms with Gasteiger partial charge >= 0.3 is 0 Å². The number of hydrogen-bond acceptors (Lipinski definition) is 4. The van der Waals surface area contributed by atoms with Crippen LogP contribution in [0, 0.1) is 0 Å². The molecule has 0 saturated carbocycles. The van der Waals surface area contributed by atoms with Gasteiger partial charge in [0.15, 0.2) is 0 Å². The van der Waals surface area contributed by atoms with E-state index >= 15 is 0 Å². The summed E-state index contributed by atoms with van der Waals surface area (Å²) in [6, 6.07) is 26.5. The molecule has 5 nitrogen and oxygen atoms in total. The minimum atomic E-state index is -0.643. The molecule has 3 aromatic rings. The van der Waals surface area contributed by atoms with E-state index in [0.29, 0.717) is 25.3 Å². The summed E-state index contributed by atoms with van der Waals surface area (Å²) in [6.45, 7) is 1.42. The van der Waals surface area contributed by atoms with Gasteiger partial charge in [0.05, 0.1) is 12.7 Å². The molecule has 0 unspecified atom stereocenters. The maximum absolute atomic E-state index is 12.1. The maximum Gasteiger partial charge on any atom is 0.274 e. The number of amides is 1. The highest BCUT2D eigenvalue weighted by molar-refractivity contribution is 5.93. The molecule has 0 saturated heterocycles. The monoisotopic (exact) mass is 376 g/mol. The third-order valence-electron chi connectivity index (χ3n) is 4.31. The van der Waals surface area contributed by atoms with Crippen LogP contribution in [0.25, 0.3) is 0 Å². The van der Waals surface area contributed by atoms with Gasteiger partial charge in [0.2, 0.25) is 0 Å². The predicted octanol–water partition coefficient (Wildman–Crippen LogP) is 3.37. The highest BCUT2D eigenvalue weighted by Gasteiger charge is 2.10. The van der Waals surface area contributed by atoms with Gasteiger partial charge in [0.25, 0.3) is 5.91 Å². The van der Waals surface area contributed by atoms with Crippen LogP contribution >= 0.6 is 0 Å². The number of carbonyl (C=O) groups is 1. The molecular formula is C23H24N2O3.